The first-order valence-corrected chi connectivity index (χ1v) is 17.6. The smallest absolute Gasteiger partial charge is 0.198 e. The standard InChI is InChI=1S/C39H34Cl2N8O2/c1-48(16-12-44-38-34-32(26-6-4-22(40)18-30(26)46-38)28-20-42-10-8-24(28)36(34)50)14-3-15-49(2)17-13-45-39-35-33(27-7-5-23(41)19-31(27)47-39)29-21-43-11-9-25(29)37(35)51/h4-11,18-21H,3,12-17H2,1-2H3,(H,44,46)(H,45,47). The number of ketones is 2. The normalized spacial score (nSPS) is 12.9. The number of pyridine rings is 4. The Morgan fingerprint density at radius 2 is 1.04 bits per heavy atom. The maximum atomic E-state index is 13.5. The Labute approximate surface area is 304 Å². The van der Waals surface area contributed by atoms with Crippen LogP contribution in [-0.4, -0.2) is 94.7 Å². The summed E-state index contributed by atoms with van der Waals surface area (Å²) in [6, 6.07) is 14.7. The van der Waals surface area contributed by atoms with Crippen molar-refractivity contribution < 1.29 is 9.59 Å². The maximum Gasteiger partial charge on any atom is 0.198 e. The molecule has 4 aromatic heterocycles. The van der Waals surface area contributed by atoms with Gasteiger partial charge in [-0.15, -0.1) is 0 Å². The molecular weight excluding hydrogens is 683 g/mol. The molecule has 2 aliphatic carbocycles. The minimum Gasteiger partial charge on any atom is -0.368 e. The van der Waals surface area contributed by atoms with Gasteiger partial charge in [-0.25, -0.2) is 9.97 Å². The monoisotopic (exact) mass is 716 g/mol. The van der Waals surface area contributed by atoms with E-state index in [0.717, 1.165) is 76.7 Å². The molecule has 0 fully saturated rings. The molecule has 0 amide bonds. The van der Waals surface area contributed by atoms with Gasteiger partial charge in [0, 0.05) is 105 Å². The van der Waals surface area contributed by atoms with Crippen molar-refractivity contribution in [3.05, 3.63) is 106 Å². The van der Waals surface area contributed by atoms with E-state index in [1.54, 1.807) is 36.9 Å². The fraction of sp³-hybridized carbons (Fsp3) is 0.231. The lowest BCUT2D eigenvalue weighted by Gasteiger charge is -2.21. The van der Waals surface area contributed by atoms with Crippen LogP contribution in [-0.2, 0) is 0 Å². The Hall–Kier alpha value is -5.00. The van der Waals surface area contributed by atoms with E-state index in [4.69, 9.17) is 33.2 Å². The van der Waals surface area contributed by atoms with Crippen LogP contribution in [0, 0.1) is 0 Å². The number of likely N-dealkylation sites (N-methyl/N-ethyl adjacent to an activating group) is 2. The first-order valence-electron chi connectivity index (χ1n) is 16.9. The van der Waals surface area contributed by atoms with E-state index in [-0.39, 0.29) is 11.6 Å². The summed E-state index contributed by atoms with van der Waals surface area (Å²) in [7, 11) is 4.19. The number of rotatable bonds is 12. The van der Waals surface area contributed by atoms with Gasteiger partial charge in [0.25, 0.3) is 0 Å². The van der Waals surface area contributed by atoms with Gasteiger partial charge in [0.1, 0.15) is 11.6 Å². The van der Waals surface area contributed by atoms with Crippen molar-refractivity contribution >= 4 is 68.2 Å². The molecule has 0 bridgehead atoms. The summed E-state index contributed by atoms with van der Waals surface area (Å²) in [4.78, 5) is 49.7. The molecule has 51 heavy (non-hydrogen) atoms. The molecule has 2 aliphatic rings. The molecule has 6 aromatic rings. The quantitative estimate of drug-likeness (QED) is 0.136. The molecule has 10 nitrogen and oxygen atoms in total. The number of carbonyl (C=O) groups is 2. The van der Waals surface area contributed by atoms with Gasteiger partial charge in [0.15, 0.2) is 11.6 Å². The summed E-state index contributed by atoms with van der Waals surface area (Å²) in [6.07, 6.45) is 7.76. The number of nitrogens with zero attached hydrogens (tertiary/aromatic N) is 6. The number of anilines is 2. The molecule has 256 valence electrons. The van der Waals surface area contributed by atoms with Gasteiger partial charge in [-0.2, -0.15) is 0 Å². The maximum absolute atomic E-state index is 13.5. The van der Waals surface area contributed by atoms with E-state index < -0.39 is 0 Å². The third kappa shape index (κ3) is 6.08. The van der Waals surface area contributed by atoms with Crippen LogP contribution in [0.2, 0.25) is 10.0 Å². The predicted octanol–water partition coefficient (Wildman–Crippen LogP) is 7.08. The topological polar surface area (TPSA) is 116 Å². The molecule has 4 heterocycles. The lowest BCUT2D eigenvalue weighted by Crippen LogP contribution is -2.31. The number of halogens is 2. The first-order chi connectivity index (χ1) is 24.8. The zero-order valence-corrected chi connectivity index (χ0v) is 29.6. The van der Waals surface area contributed by atoms with Crippen LogP contribution in [0.4, 0.5) is 11.6 Å². The average molecular weight is 718 g/mol. The highest BCUT2D eigenvalue weighted by Crippen LogP contribution is 2.45. The zero-order valence-electron chi connectivity index (χ0n) is 28.1. The Balaban J connectivity index is 0.859. The molecule has 0 spiro atoms. The number of hydrogen-bond acceptors (Lipinski definition) is 10. The summed E-state index contributed by atoms with van der Waals surface area (Å²) in [5, 5.41) is 9.83. The van der Waals surface area contributed by atoms with E-state index in [1.807, 2.05) is 36.4 Å². The lowest BCUT2D eigenvalue weighted by molar-refractivity contribution is 0.103. The van der Waals surface area contributed by atoms with Gasteiger partial charge in [-0.3, -0.25) is 19.6 Å². The minimum atomic E-state index is -0.0423. The Morgan fingerprint density at radius 1 is 0.588 bits per heavy atom. The Bertz CT molecular complexity index is 2220. The summed E-state index contributed by atoms with van der Waals surface area (Å²) < 4.78 is 0. The number of aromatic nitrogens is 4. The van der Waals surface area contributed by atoms with E-state index in [0.29, 0.717) is 57.0 Å². The fourth-order valence-corrected chi connectivity index (χ4v) is 7.48. The molecule has 0 atom stereocenters. The van der Waals surface area contributed by atoms with Crippen molar-refractivity contribution in [2.45, 2.75) is 6.42 Å². The number of benzene rings is 2. The van der Waals surface area contributed by atoms with Crippen LogP contribution in [0.1, 0.15) is 38.3 Å². The van der Waals surface area contributed by atoms with Gasteiger partial charge < -0.3 is 20.4 Å². The van der Waals surface area contributed by atoms with Crippen molar-refractivity contribution in [1.29, 1.82) is 0 Å². The SMILES string of the molecule is CN(CCCN(C)CCNc1nc2cc(Cl)ccc2c2c1C(=O)c1ccncc1-2)CCNc1nc2cc(Cl)ccc2c2c1C(=O)c1ccncc1-2. The second-order valence-corrected chi connectivity index (χ2v) is 13.9. The van der Waals surface area contributed by atoms with E-state index in [1.165, 1.54) is 0 Å². The summed E-state index contributed by atoms with van der Waals surface area (Å²) in [5.41, 5.74) is 7.29. The molecule has 0 saturated carbocycles. The third-order valence-corrected chi connectivity index (χ3v) is 10.1. The van der Waals surface area contributed by atoms with Gasteiger partial charge in [-0.1, -0.05) is 35.3 Å². The molecule has 0 aliphatic heterocycles. The molecule has 8 rings (SSSR count). The van der Waals surface area contributed by atoms with Crippen molar-refractivity contribution in [3.63, 3.8) is 0 Å². The highest BCUT2D eigenvalue weighted by Gasteiger charge is 2.34. The third-order valence-electron chi connectivity index (χ3n) is 9.67. The van der Waals surface area contributed by atoms with Crippen LogP contribution < -0.4 is 10.6 Å². The van der Waals surface area contributed by atoms with E-state index in [9.17, 15) is 9.59 Å². The summed E-state index contributed by atoms with van der Waals surface area (Å²) in [6.45, 7) is 4.58. The van der Waals surface area contributed by atoms with Crippen molar-refractivity contribution in [1.82, 2.24) is 29.7 Å². The number of carbonyl (C=O) groups excluding carboxylic acids is 2. The number of nitrogens with one attached hydrogen (secondary N) is 2. The fourth-order valence-electron chi connectivity index (χ4n) is 7.15. The highest BCUT2D eigenvalue weighted by molar-refractivity contribution is 6.33. The van der Waals surface area contributed by atoms with E-state index in [2.05, 4.69) is 44.5 Å². The molecular formula is C39H34Cl2N8O2. The Kier molecular flexibility index (Phi) is 8.85. The van der Waals surface area contributed by atoms with Crippen LogP contribution >= 0.6 is 23.2 Å². The molecule has 2 aromatic carbocycles. The van der Waals surface area contributed by atoms with Gasteiger partial charge >= 0.3 is 0 Å². The van der Waals surface area contributed by atoms with Crippen molar-refractivity contribution in [2.75, 3.05) is 64.0 Å². The van der Waals surface area contributed by atoms with Crippen molar-refractivity contribution in [2.24, 2.45) is 0 Å². The highest BCUT2D eigenvalue weighted by atomic mass is 35.5. The van der Waals surface area contributed by atoms with Crippen molar-refractivity contribution in [3.8, 4) is 22.3 Å². The van der Waals surface area contributed by atoms with Gasteiger partial charge in [0.2, 0.25) is 0 Å². The molecule has 0 saturated heterocycles. The van der Waals surface area contributed by atoms with Gasteiger partial charge in [0.05, 0.1) is 22.2 Å². The average Bonchev–Trinajstić information content (AvgIpc) is 3.59. The number of hydrogen-bond donors (Lipinski definition) is 2. The Morgan fingerprint density at radius 3 is 1.49 bits per heavy atom. The van der Waals surface area contributed by atoms with Crippen LogP contribution in [0.3, 0.4) is 0 Å². The molecule has 2 N–H and O–H groups in total. The first kappa shape index (κ1) is 33.2. The molecule has 0 unspecified atom stereocenters. The second-order valence-electron chi connectivity index (χ2n) is 13.1. The summed E-state index contributed by atoms with van der Waals surface area (Å²) >= 11 is 12.6. The molecule has 0 radical (unpaired) electrons. The predicted molar refractivity (Wildman–Crippen MR) is 203 cm³/mol. The van der Waals surface area contributed by atoms with E-state index >= 15 is 0 Å². The molecule has 12 heteroatoms. The lowest BCUT2D eigenvalue weighted by atomic mass is 10.0. The second kappa shape index (κ2) is 13.6. The number of fused-ring (bicyclic) bond motifs is 10. The minimum absolute atomic E-state index is 0.0423. The van der Waals surface area contributed by atoms with Crippen LogP contribution in [0.15, 0.2) is 73.3 Å². The largest absolute Gasteiger partial charge is 0.368 e. The zero-order chi connectivity index (χ0) is 35.2. The van der Waals surface area contributed by atoms with Crippen LogP contribution in [0.5, 0.6) is 0 Å². The van der Waals surface area contributed by atoms with Gasteiger partial charge in [-0.05, 0) is 70.0 Å². The van der Waals surface area contributed by atoms with Crippen LogP contribution in [0.25, 0.3) is 44.1 Å². The summed E-state index contributed by atoms with van der Waals surface area (Å²) in [5.74, 6) is 1.05.